The molecule has 1 aliphatic heterocycles. The lowest BCUT2D eigenvalue weighted by Crippen LogP contribution is -2.10. The molecule has 4 rings (SSSR count). The van der Waals surface area contributed by atoms with Gasteiger partial charge >= 0.3 is 0 Å². The van der Waals surface area contributed by atoms with Gasteiger partial charge in [-0.3, -0.25) is 0 Å². The number of ether oxygens (including phenoxy) is 2. The van der Waals surface area contributed by atoms with Gasteiger partial charge in [-0.25, -0.2) is 4.39 Å². The van der Waals surface area contributed by atoms with Crippen molar-refractivity contribution in [2.75, 3.05) is 6.79 Å². The Morgan fingerprint density at radius 1 is 1.12 bits per heavy atom. The summed E-state index contributed by atoms with van der Waals surface area (Å²) in [6.07, 6.45) is -1.08. The standard InChI is InChI=1S/C20H19FN2O3/c1-12-16(20(22)24)9-17(14-3-5-15(21)6-4-14)23(12)10-13-2-7-18-19(8-13)26-11-25-18/h2-9,20,24H,10-11,22H2,1H3. The fraction of sp³-hybridized carbons (Fsp3) is 0.200. The summed E-state index contributed by atoms with van der Waals surface area (Å²) in [6, 6.07) is 13.9. The van der Waals surface area contributed by atoms with Crippen molar-refractivity contribution < 1.29 is 19.0 Å². The second kappa shape index (κ2) is 6.48. The minimum atomic E-state index is -1.08. The Bertz CT molecular complexity index is 948. The monoisotopic (exact) mass is 354 g/mol. The van der Waals surface area contributed by atoms with Crippen LogP contribution in [0.15, 0.2) is 48.5 Å². The van der Waals surface area contributed by atoms with Crippen molar-refractivity contribution in [1.29, 1.82) is 0 Å². The van der Waals surface area contributed by atoms with Crippen molar-refractivity contribution in [2.24, 2.45) is 5.73 Å². The smallest absolute Gasteiger partial charge is 0.231 e. The largest absolute Gasteiger partial charge is 0.454 e. The Morgan fingerprint density at radius 2 is 1.85 bits per heavy atom. The first-order chi connectivity index (χ1) is 12.5. The molecule has 0 amide bonds. The molecule has 0 aliphatic carbocycles. The molecule has 0 radical (unpaired) electrons. The van der Waals surface area contributed by atoms with Crippen LogP contribution in [0.1, 0.15) is 23.0 Å². The molecule has 0 saturated heterocycles. The molecule has 0 saturated carbocycles. The lowest BCUT2D eigenvalue weighted by molar-refractivity contribution is 0.174. The van der Waals surface area contributed by atoms with E-state index in [9.17, 15) is 9.50 Å². The van der Waals surface area contributed by atoms with Crippen molar-refractivity contribution >= 4 is 0 Å². The van der Waals surface area contributed by atoms with Crippen molar-refractivity contribution in [3.63, 3.8) is 0 Å². The van der Waals surface area contributed by atoms with E-state index in [-0.39, 0.29) is 12.6 Å². The fourth-order valence-electron chi connectivity index (χ4n) is 3.25. The number of halogens is 1. The normalized spacial score (nSPS) is 13.8. The van der Waals surface area contributed by atoms with Gasteiger partial charge in [0.15, 0.2) is 11.5 Å². The van der Waals surface area contributed by atoms with Gasteiger partial charge in [0.05, 0.1) is 0 Å². The third-order valence-electron chi connectivity index (χ3n) is 4.64. The molecular formula is C20H19FN2O3. The predicted octanol–water partition coefficient (Wildman–Crippen LogP) is 3.33. The number of aliphatic hydroxyl groups excluding tert-OH is 1. The number of aromatic nitrogens is 1. The number of hydrogen-bond acceptors (Lipinski definition) is 4. The quantitative estimate of drug-likeness (QED) is 0.705. The summed E-state index contributed by atoms with van der Waals surface area (Å²) in [5.74, 6) is 1.16. The molecule has 2 aromatic carbocycles. The van der Waals surface area contributed by atoms with E-state index < -0.39 is 6.23 Å². The van der Waals surface area contributed by atoms with Crippen LogP contribution in [0, 0.1) is 12.7 Å². The van der Waals surface area contributed by atoms with Gasteiger partial charge in [0.2, 0.25) is 6.79 Å². The van der Waals surface area contributed by atoms with Crippen LogP contribution in [0.5, 0.6) is 11.5 Å². The Kier molecular flexibility index (Phi) is 4.14. The van der Waals surface area contributed by atoms with E-state index in [2.05, 4.69) is 4.57 Å². The van der Waals surface area contributed by atoms with E-state index in [1.54, 1.807) is 12.1 Å². The number of rotatable bonds is 4. The SMILES string of the molecule is Cc1c(C(N)O)cc(-c2ccc(F)cc2)n1Cc1ccc2c(c1)OCO2. The summed E-state index contributed by atoms with van der Waals surface area (Å²) in [4.78, 5) is 0. The van der Waals surface area contributed by atoms with Crippen LogP contribution in [-0.2, 0) is 6.54 Å². The summed E-state index contributed by atoms with van der Waals surface area (Å²) in [6.45, 7) is 2.69. The molecule has 3 aromatic rings. The van der Waals surface area contributed by atoms with Crippen molar-refractivity contribution in [1.82, 2.24) is 4.57 Å². The van der Waals surface area contributed by atoms with E-state index in [4.69, 9.17) is 15.2 Å². The van der Waals surface area contributed by atoms with E-state index >= 15 is 0 Å². The lowest BCUT2D eigenvalue weighted by Gasteiger charge is -2.13. The molecule has 134 valence electrons. The van der Waals surface area contributed by atoms with Gasteiger partial charge in [0, 0.05) is 23.5 Å². The molecule has 0 bridgehead atoms. The summed E-state index contributed by atoms with van der Waals surface area (Å²) in [5, 5.41) is 9.89. The van der Waals surface area contributed by atoms with Crippen LogP contribution >= 0.6 is 0 Å². The van der Waals surface area contributed by atoms with E-state index in [0.717, 1.165) is 34.0 Å². The van der Waals surface area contributed by atoms with E-state index in [1.165, 1.54) is 12.1 Å². The maximum Gasteiger partial charge on any atom is 0.231 e. The number of fused-ring (bicyclic) bond motifs is 1. The Labute approximate surface area is 150 Å². The topological polar surface area (TPSA) is 69.6 Å². The van der Waals surface area contributed by atoms with Crippen molar-refractivity contribution in [3.05, 3.63) is 71.2 Å². The molecule has 5 nitrogen and oxygen atoms in total. The van der Waals surface area contributed by atoms with Gasteiger partial charge in [0.25, 0.3) is 0 Å². The molecule has 1 aliphatic rings. The highest BCUT2D eigenvalue weighted by molar-refractivity contribution is 5.63. The first kappa shape index (κ1) is 16.6. The number of hydrogen-bond donors (Lipinski definition) is 2. The summed E-state index contributed by atoms with van der Waals surface area (Å²) in [5.41, 5.74) is 9.95. The maximum absolute atomic E-state index is 13.3. The zero-order valence-electron chi connectivity index (χ0n) is 14.3. The van der Waals surface area contributed by atoms with Gasteiger partial charge in [-0.1, -0.05) is 6.07 Å². The summed E-state index contributed by atoms with van der Waals surface area (Å²) < 4.78 is 26.1. The third-order valence-corrected chi connectivity index (χ3v) is 4.64. The van der Waals surface area contributed by atoms with Gasteiger partial charge in [-0.15, -0.1) is 0 Å². The van der Waals surface area contributed by atoms with Crippen LogP contribution in [-0.4, -0.2) is 16.5 Å². The van der Waals surface area contributed by atoms with E-state index in [0.29, 0.717) is 12.1 Å². The predicted molar refractivity (Wildman–Crippen MR) is 95.4 cm³/mol. The molecule has 1 unspecified atom stereocenters. The fourth-order valence-corrected chi connectivity index (χ4v) is 3.25. The molecule has 3 N–H and O–H groups in total. The van der Waals surface area contributed by atoms with Crippen LogP contribution in [0.4, 0.5) is 4.39 Å². The number of aliphatic hydroxyl groups is 1. The Balaban J connectivity index is 1.77. The first-order valence-electron chi connectivity index (χ1n) is 8.31. The van der Waals surface area contributed by atoms with Crippen molar-refractivity contribution in [3.8, 4) is 22.8 Å². The minimum Gasteiger partial charge on any atom is -0.454 e. The molecule has 6 heteroatoms. The van der Waals surface area contributed by atoms with Crippen LogP contribution in [0.3, 0.4) is 0 Å². The van der Waals surface area contributed by atoms with Gasteiger partial charge < -0.3 is 24.9 Å². The zero-order chi connectivity index (χ0) is 18.3. The average Bonchev–Trinajstić information content (AvgIpc) is 3.21. The third kappa shape index (κ3) is 2.94. The average molecular weight is 354 g/mol. The van der Waals surface area contributed by atoms with Crippen LogP contribution < -0.4 is 15.2 Å². The molecule has 1 aromatic heterocycles. The maximum atomic E-state index is 13.3. The molecule has 1 atom stereocenters. The van der Waals surface area contributed by atoms with E-state index in [1.807, 2.05) is 31.2 Å². The minimum absolute atomic E-state index is 0.228. The highest BCUT2D eigenvalue weighted by Crippen LogP contribution is 2.34. The van der Waals surface area contributed by atoms with Gasteiger partial charge in [0.1, 0.15) is 12.0 Å². The molecule has 2 heterocycles. The molecular weight excluding hydrogens is 335 g/mol. The van der Waals surface area contributed by atoms with Gasteiger partial charge in [-0.05, 0) is 60.5 Å². The first-order valence-corrected chi connectivity index (χ1v) is 8.31. The second-order valence-corrected chi connectivity index (χ2v) is 6.30. The van der Waals surface area contributed by atoms with Crippen LogP contribution in [0.25, 0.3) is 11.3 Å². The van der Waals surface area contributed by atoms with Gasteiger partial charge in [-0.2, -0.15) is 0 Å². The molecule has 26 heavy (non-hydrogen) atoms. The lowest BCUT2D eigenvalue weighted by atomic mass is 10.1. The number of benzene rings is 2. The summed E-state index contributed by atoms with van der Waals surface area (Å²) >= 11 is 0. The highest BCUT2D eigenvalue weighted by Gasteiger charge is 2.18. The Hall–Kier alpha value is -2.83. The second-order valence-electron chi connectivity index (χ2n) is 6.30. The number of nitrogens with two attached hydrogens (primary N) is 1. The van der Waals surface area contributed by atoms with Crippen molar-refractivity contribution in [2.45, 2.75) is 19.7 Å². The Morgan fingerprint density at radius 3 is 2.58 bits per heavy atom. The zero-order valence-corrected chi connectivity index (χ0v) is 14.3. The number of nitrogens with zero attached hydrogens (tertiary/aromatic N) is 1. The van der Waals surface area contributed by atoms with Crippen LogP contribution in [0.2, 0.25) is 0 Å². The molecule has 0 spiro atoms. The molecule has 0 fully saturated rings. The summed E-state index contributed by atoms with van der Waals surface area (Å²) in [7, 11) is 0. The highest BCUT2D eigenvalue weighted by atomic mass is 19.1.